The average Bonchev–Trinajstić information content (AvgIpc) is 3.26. The summed E-state index contributed by atoms with van der Waals surface area (Å²) in [5.74, 6) is 0.491. The van der Waals surface area contributed by atoms with E-state index in [1.807, 2.05) is 42.5 Å². The van der Waals surface area contributed by atoms with Crippen molar-refractivity contribution in [2.45, 2.75) is 19.4 Å². The summed E-state index contributed by atoms with van der Waals surface area (Å²) >= 11 is 0. The summed E-state index contributed by atoms with van der Waals surface area (Å²) in [5, 5.41) is 15.2. The highest BCUT2D eigenvalue weighted by Crippen LogP contribution is 2.22. The van der Waals surface area contributed by atoms with Crippen LogP contribution in [0.3, 0.4) is 0 Å². The number of rotatable bonds is 9. The van der Waals surface area contributed by atoms with E-state index in [0.717, 1.165) is 5.56 Å². The average molecular weight is 409 g/mol. The molecule has 0 fully saturated rings. The number of nitrogens with zero attached hydrogens (tertiary/aromatic N) is 4. The molecule has 0 spiro atoms. The number of aromatic nitrogens is 4. The van der Waals surface area contributed by atoms with Crippen molar-refractivity contribution in [2.24, 2.45) is 0 Å². The molecular formula is C20H23N7O3. The minimum absolute atomic E-state index is 0.00814. The largest absolute Gasteiger partial charge is 0.495 e. The number of amides is 2. The van der Waals surface area contributed by atoms with Gasteiger partial charge in [0.1, 0.15) is 5.75 Å². The molecule has 0 unspecified atom stereocenters. The lowest BCUT2D eigenvalue weighted by atomic mass is 10.2. The molecule has 156 valence electrons. The van der Waals surface area contributed by atoms with E-state index in [-0.39, 0.29) is 24.8 Å². The Bertz CT molecular complexity index is 975. The molecule has 2 aromatic carbocycles. The summed E-state index contributed by atoms with van der Waals surface area (Å²) in [5.41, 5.74) is 6.33. The van der Waals surface area contributed by atoms with Gasteiger partial charge < -0.3 is 10.1 Å². The van der Waals surface area contributed by atoms with E-state index in [4.69, 9.17) is 4.74 Å². The Balaban J connectivity index is 1.34. The van der Waals surface area contributed by atoms with E-state index >= 15 is 0 Å². The van der Waals surface area contributed by atoms with Crippen LogP contribution < -0.4 is 20.9 Å². The monoisotopic (exact) mass is 409 g/mol. The Hall–Kier alpha value is -3.95. The van der Waals surface area contributed by atoms with Crippen LogP contribution in [0.5, 0.6) is 5.75 Å². The fourth-order valence-corrected chi connectivity index (χ4v) is 2.63. The number of benzene rings is 2. The van der Waals surface area contributed by atoms with Gasteiger partial charge in [0.15, 0.2) is 0 Å². The molecule has 3 aromatic rings. The van der Waals surface area contributed by atoms with E-state index in [1.54, 1.807) is 19.2 Å². The van der Waals surface area contributed by atoms with E-state index in [2.05, 4.69) is 31.6 Å². The quantitative estimate of drug-likeness (QED) is 0.456. The molecule has 10 heteroatoms. The minimum atomic E-state index is -0.375. The number of hydrogen-bond acceptors (Lipinski definition) is 7. The lowest BCUT2D eigenvalue weighted by Gasteiger charge is -2.11. The minimum Gasteiger partial charge on any atom is -0.495 e. The number of methoxy groups -OCH3 is 1. The van der Waals surface area contributed by atoms with Gasteiger partial charge >= 0.3 is 0 Å². The number of carbonyl (C=O) groups excluding carboxylic acids is 2. The maximum atomic E-state index is 11.9. The fraction of sp³-hybridized carbons (Fsp3) is 0.250. The van der Waals surface area contributed by atoms with Gasteiger partial charge in [0.25, 0.3) is 5.91 Å². The Morgan fingerprint density at radius 2 is 1.73 bits per heavy atom. The van der Waals surface area contributed by atoms with Crippen LogP contribution in [0.15, 0.2) is 54.6 Å². The fourth-order valence-electron chi connectivity index (χ4n) is 2.63. The van der Waals surface area contributed by atoms with E-state index < -0.39 is 0 Å². The van der Waals surface area contributed by atoms with Crippen LogP contribution in [0.4, 0.5) is 5.69 Å². The number of carbonyl (C=O) groups is 2. The summed E-state index contributed by atoms with van der Waals surface area (Å²) < 4.78 is 5.20. The first kappa shape index (κ1) is 20.8. The lowest BCUT2D eigenvalue weighted by molar-refractivity contribution is -0.128. The third-order valence-corrected chi connectivity index (χ3v) is 4.13. The van der Waals surface area contributed by atoms with Crippen LogP contribution >= 0.6 is 0 Å². The topological polar surface area (TPSA) is 123 Å². The zero-order chi connectivity index (χ0) is 21.2. The first-order valence-electron chi connectivity index (χ1n) is 9.43. The zero-order valence-electron chi connectivity index (χ0n) is 16.5. The number of para-hydroxylation sites is 2. The number of anilines is 1. The van der Waals surface area contributed by atoms with Crippen molar-refractivity contribution in [3.05, 3.63) is 54.6 Å². The highest BCUT2D eigenvalue weighted by molar-refractivity contribution is 5.84. The molecule has 0 saturated heterocycles. The first-order valence-corrected chi connectivity index (χ1v) is 9.43. The van der Waals surface area contributed by atoms with Gasteiger partial charge in [0.05, 0.1) is 25.9 Å². The number of hydrogen-bond donors (Lipinski definition) is 3. The van der Waals surface area contributed by atoms with Gasteiger partial charge in [-0.25, -0.2) is 0 Å². The Morgan fingerprint density at radius 3 is 2.53 bits per heavy atom. The molecule has 3 N–H and O–H groups in total. The maximum absolute atomic E-state index is 11.9. The third-order valence-electron chi connectivity index (χ3n) is 4.13. The van der Waals surface area contributed by atoms with Crippen LogP contribution in [0.25, 0.3) is 11.4 Å². The number of nitrogens with one attached hydrogen (secondary N) is 3. The van der Waals surface area contributed by atoms with Gasteiger partial charge in [-0.05, 0) is 23.8 Å². The van der Waals surface area contributed by atoms with Crippen LogP contribution in [0.2, 0.25) is 0 Å². The highest BCUT2D eigenvalue weighted by Gasteiger charge is 2.08. The molecule has 1 aromatic heterocycles. The first-order chi connectivity index (χ1) is 14.7. The van der Waals surface area contributed by atoms with Crippen molar-refractivity contribution >= 4 is 17.5 Å². The third kappa shape index (κ3) is 6.03. The second-order valence-corrected chi connectivity index (χ2v) is 6.33. The van der Waals surface area contributed by atoms with Crippen molar-refractivity contribution in [1.82, 2.24) is 31.1 Å². The maximum Gasteiger partial charge on any atom is 0.257 e. The summed E-state index contributed by atoms with van der Waals surface area (Å²) in [4.78, 5) is 25.2. The molecule has 10 nitrogen and oxygen atoms in total. The van der Waals surface area contributed by atoms with Crippen LogP contribution in [-0.4, -0.2) is 45.7 Å². The van der Waals surface area contributed by atoms with E-state index in [9.17, 15) is 9.59 Å². The van der Waals surface area contributed by atoms with Crippen LogP contribution in [0.1, 0.15) is 12.8 Å². The van der Waals surface area contributed by atoms with E-state index in [1.165, 1.54) is 4.80 Å². The summed E-state index contributed by atoms with van der Waals surface area (Å²) in [6, 6.07) is 16.8. The van der Waals surface area contributed by atoms with E-state index in [0.29, 0.717) is 30.2 Å². The molecule has 0 aliphatic rings. The van der Waals surface area contributed by atoms with Crippen LogP contribution in [0, 0.1) is 0 Å². The normalized spacial score (nSPS) is 10.3. The van der Waals surface area contributed by atoms with Crippen molar-refractivity contribution in [3.63, 3.8) is 0 Å². The van der Waals surface area contributed by atoms with Gasteiger partial charge in [-0.1, -0.05) is 42.5 Å². The number of ether oxygens (including phenoxy) is 1. The number of hydrazine groups is 1. The summed E-state index contributed by atoms with van der Waals surface area (Å²) in [7, 11) is 1.55. The zero-order valence-corrected chi connectivity index (χ0v) is 16.5. The van der Waals surface area contributed by atoms with Crippen LogP contribution in [-0.2, 0) is 16.1 Å². The molecule has 1 heterocycles. The molecule has 3 rings (SSSR count). The number of tetrazole rings is 1. The molecule has 2 amide bonds. The van der Waals surface area contributed by atoms with Gasteiger partial charge in [0.2, 0.25) is 11.7 Å². The van der Waals surface area contributed by atoms with Gasteiger partial charge in [-0.2, -0.15) is 4.80 Å². The highest BCUT2D eigenvalue weighted by atomic mass is 16.5. The predicted molar refractivity (Wildman–Crippen MR) is 110 cm³/mol. The molecule has 0 atom stereocenters. The van der Waals surface area contributed by atoms with Crippen molar-refractivity contribution in [3.8, 4) is 17.1 Å². The van der Waals surface area contributed by atoms with Gasteiger partial charge in [-0.3, -0.25) is 20.4 Å². The van der Waals surface area contributed by atoms with Gasteiger partial charge in [-0.15, -0.1) is 10.2 Å². The summed E-state index contributed by atoms with van der Waals surface area (Å²) in [6.07, 6.45) is 0.716. The smallest absolute Gasteiger partial charge is 0.257 e. The molecular weight excluding hydrogens is 386 g/mol. The van der Waals surface area contributed by atoms with Gasteiger partial charge in [0, 0.05) is 12.0 Å². The molecule has 0 radical (unpaired) electrons. The molecule has 0 aliphatic heterocycles. The second-order valence-electron chi connectivity index (χ2n) is 6.33. The number of aryl methyl sites for hydroxylation is 1. The molecule has 0 saturated carbocycles. The molecule has 30 heavy (non-hydrogen) atoms. The van der Waals surface area contributed by atoms with Crippen molar-refractivity contribution in [1.29, 1.82) is 0 Å². The standard InChI is InChI=1S/C20H23N7O3/c1-30-17-11-6-5-10-16(17)21-14-19(29)23-22-18(28)12-7-13-27-25-20(24-26-27)15-8-3-2-4-9-15/h2-6,8-11,21H,7,12-14H2,1H3,(H,22,28)(H,23,29). The van der Waals surface area contributed by atoms with Crippen molar-refractivity contribution < 1.29 is 14.3 Å². The Kier molecular flexibility index (Phi) is 7.31. The second kappa shape index (κ2) is 10.6. The van der Waals surface area contributed by atoms with Crippen molar-refractivity contribution in [2.75, 3.05) is 19.0 Å². The Morgan fingerprint density at radius 1 is 1.00 bits per heavy atom. The molecule has 0 bridgehead atoms. The predicted octanol–water partition coefficient (Wildman–Crippen LogP) is 1.39. The SMILES string of the molecule is COc1ccccc1NCC(=O)NNC(=O)CCCn1nnc(-c2ccccc2)n1. The Labute approximate surface area is 173 Å². The summed E-state index contributed by atoms with van der Waals surface area (Å²) in [6.45, 7) is 0.433. The molecule has 0 aliphatic carbocycles. The lowest BCUT2D eigenvalue weighted by Crippen LogP contribution is -2.44.